The molecule has 0 aliphatic rings. The summed E-state index contributed by atoms with van der Waals surface area (Å²) in [6.07, 6.45) is 5.36. The van der Waals surface area contributed by atoms with Gasteiger partial charge in [-0.15, -0.1) is 16.7 Å². The van der Waals surface area contributed by atoms with Gasteiger partial charge in [0.05, 0.1) is 17.1 Å². The highest BCUT2D eigenvalue weighted by molar-refractivity contribution is 9.10. The Morgan fingerprint density at radius 2 is 2.07 bits per heavy atom. The van der Waals surface area contributed by atoms with E-state index in [1.807, 2.05) is 6.07 Å². The number of aromatic hydroxyl groups is 1. The van der Waals surface area contributed by atoms with Gasteiger partial charge in [-0.25, -0.2) is 0 Å². The summed E-state index contributed by atoms with van der Waals surface area (Å²) in [7, 11) is 0. The van der Waals surface area contributed by atoms with Crippen LogP contribution in [0.5, 0.6) is 11.6 Å². The van der Waals surface area contributed by atoms with Gasteiger partial charge in [0.2, 0.25) is 5.88 Å². The number of carbonyl (C=O) groups is 1. The molecule has 0 atom stereocenters. The Balaban J connectivity index is 1.82. The number of hydrogen-bond acceptors (Lipinski definition) is 4. The molecule has 1 amide bonds. The van der Waals surface area contributed by atoms with Crippen LogP contribution in [0.4, 0.5) is 5.69 Å². The van der Waals surface area contributed by atoms with Gasteiger partial charge < -0.3 is 9.84 Å². The van der Waals surface area contributed by atoms with Gasteiger partial charge >= 0.3 is 5.91 Å². The maximum Gasteiger partial charge on any atom is 0.302 e. The molecule has 1 aromatic heterocycles. The van der Waals surface area contributed by atoms with Crippen LogP contribution in [0.25, 0.3) is 10.9 Å². The van der Waals surface area contributed by atoms with Crippen molar-refractivity contribution in [2.24, 2.45) is 10.2 Å². The fourth-order valence-corrected chi connectivity index (χ4v) is 3.34. The average Bonchev–Trinajstić information content (AvgIpc) is 2.90. The van der Waals surface area contributed by atoms with Crippen molar-refractivity contribution in [3.05, 3.63) is 50.9 Å². The summed E-state index contributed by atoms with van der Waals surface area (Å²) < 4.78 is 7.61. The lowest BCUT2D eigenvalue weighted by Crippen LogP contribution is -2.08. The van der Waals surface area contributed by atoms with E-state index in [0.717, 1.165) is 4.47 Å². The predicted molar refractivity (Wildman–Crippen MR) is 112 cm³/mol. The maximum absolute atomic E-state index is 12.0. The number of aromatic nitrogens is 1. The van der Waals surface area contributed by atoms with E-state index in [0.29, 0.717) is 21.7 Å². The summed E-state index contributed by atoms with van der Waals surface area (Å²) in [6.45, 7) is -0.232. The van der Waals surface area contributed by atoms with Crippen LogP contribution in [0.2, 0.25) is 10.0 Å². The quantitative estimate of drug-likeness (QED) is 0.373. The minimum Gasteiger partial charge on any atom is -0.493 e. The number of benzene rings is 2. The Hall–Kier alpha value is -2.53. The first-order valence-corrected chi connectivity index (χ1v) is 9.42. The van der Waals surface area contributed by atoms with Crippen molar-refractivity contribution in [2.75, 3.05) is 6.61 Å². The van der Waals surface area contributed by atoms with E-state index < -0.39 is 5.91 Å². The minimum absolute atomic E-state index is 0.143. The zero-order chi connectivity index (χ0) is 20.3. The van der Waals surface area contributed by atoms with Crippen molar-refractivity contribution in [1.29, 1.82) is 0 Å². The third-order valence-corrected chi connectivity index (χ3v) is 4.75. The molecule has 1 N–H and O–H groups in total. The van der Waals surface area contributed by atoms with Crippen LogP contribution >= 0.6 is 39.1 Å². The Bertz CT molecular complexity index is 1140. The predicted octanol–water partition coefficient (Wildman–Crippen LogP) is 5.74. The van der Waals surface area contributed by atoms with E-state index in [2.05, 4.69) is 32.1 Å². The lowest BCUT2D eigenvalue weighted by Gasteiger charge is -2.05. The zero-order valence-corrected chi connectivity index (χ0v) is 17.3. The SMILES string of the molecule is C#CCn1c(O)c(N=NC(=O)COc2ccc(Cl)cc2Cl)c2cc(Br)ccc21. The van der Waals surface area contributed by atoms with Gasteiger partial charge in [-0.3, -0.25) is 9.36 Å². The molecule has 28 heavy (non-hydrogen) atoms. The fourth-order valence-electron chi connectivity index (χ4n) is 2.51. The molecule has 0 spiro atoms. The molecular formula is C19H12BrCl2N3O3. The second-order valence-electron chi connectivity index (χ2n) is 5.58. The van der Waals surface area contributed by atoms with E-state index in [4.69, 9.17) is 34.4 Å². The van der Waals surface area contributed by atoms with Crippen molar-refractivity contribution in [3.8, 4) is 24.0 Å². The molecule has 0 saturated carbocycles. The van der Waals surface area contributed by atoms with Crippen LogP contribution < -0.4 is 4.74 Å². The van der Waals surface area contributed by atoms with Crippen molar-refractivity contribution >= 4 is 61.6 Å². The van der Waals surface area contributed by atoms with Gasteiger partial charge in [-0.1, -0.05) is 45.1 Å². The lowest BCUT2D eigenvalue weighted by molar-refractivity contribution is -0.120. The smallest absolute Gasteiger partial charge is 0.302 e. The number of hydrogen-bond donors (Lipinski definition) is 1. The Labute approximate surface area is 178 Å². The molecule has 0 unspecified atom stereocenters. The van der Waals surface area contributed by atoms with Crippen LogP contribution in [-0.2, 0) is 11.3 Å². The highest BCUT2D eigenvalue weighted by atomic mass is 79.9. The van der Waals surface area contributed by atoms with Crippen LogP contribution in [0.3, 0.4) is 0 Å². The van der Waals surface area contributed by atoms with E-state index >= 15 is 0 Å². The molecule has 0 fully saturated rings. The molecule has 0 aliphatic heterocycles. The van der Waals surface area contributed by atoms with Gasteiger partial charge in [0.1, 0.15) is 5.75 Å². The van der Waals surface area contributed by atoms with Gasteiger partial charge in [-0.2, -0.15) is 0 Å². The number of amides is 1. The summed E-state index contributed by atoms with van der Waals surface area (Å²) in [4.78, 5) is 12.0. The largest absolute Gasteiger partial charge is 0.493 e. The van der Waals surface area contributed by atoms with E-state index in [1.165, 1.54) is 10.6 Å². The average molecular weight is 481 g/mol. The molecule has 0 aliphatic carbocycles. The van der Waals surface area contributed by atoms with Crippen molar-refractivity contribution in [1.82, 2.24) is 4.57 Å². The minimum atomic E-state index is -0.654. The first-order valence-electron chi connectivity index (χ1n) is 7.87. The van der Waals surface area contributed by atoms with Crippen molar-refractivity contribution in [2.45, 2.75) is 6.54 Å². The maximum atomic E-state index is 12.0. The summed E-state index contributed by atoms with van der Waals surface area (Å²) in [5.74, 6) is 1.93. The number of halogens is 3. The second-order valence-corrected chi connectivity index (χ2v) is 7.34. The molecular weight excluding hydrogens is 469 g/mol. The van der Waals surface area contributed by atoms with E-state index in [-0.39, 0.29) is 29.7 Å². The number of nitrogens with zero attached hydrogens (tertiary/aromatic N) is 3. The number of fused-ring (bicyclic) bond motifs is 1. The van der Waals surface area contributed by atoms with Crippen LogP contribution in [0.15, 0.2) is 51.1 Å². The Kier molecular flexibility index (Phi) is 6.25. The normalized spacial score (nSPS) is 11.1. The number of rotatable bonds is 5. The summed E-state index contributed by atoms with van der Waals surface area (Å²) >= 11 is 15.2. The first kappa shape index (κ1) is 20.2. The molecule has 142 valence electrons. The second kappa shape index (κ2) is 8.65. The van der Waals surface area contributed by atoms with Gasteiger partial charge in [-0.05, 0) is 36.4 Å². The topological polar surface area (TPSA) is 76.2 Å². The number of terminal acetylenes is 1. The molecule has 0 radical (unpaired) electrons. The molecule has 0 bridgehead atoms. The Morgan fingerprint density at radius 1 is 1.29 bits per heavy atom. The summed E-state index contributed by atoms with van der Waals surface area (Å²) in [5.41, 5.74) is 0.814. The highest BCUT2D eigenvalue weighted by Gasteiger charge is 2.17. The van der Waals surface area contributed by atoms with E-state index in [1.54, 1.807) is 24.3 Å². The van der Waals surface area contributed by atoms with Crippen molar-refractivity contribution < 1.29 is 14.6 Å². The number of azo groups is 1. The van der Waals surface area contributed by atoms with Crippen LogP contribution in [0.1, 0.15) is 0 Å². The molecule has 2 aromatic carbocycles. The fraction of sp³-hybridized carbons (Fsp3) is 0.105. The molecule has 3 rings (SSSR count). The first-order chi connectivity index (χ1) is 13.4. The molecule has 3 aromatic rings. The van der Waals surface area contributed by atoms with Gasteiger partial charge in [0.15, 0.2) is 12.3 Å². The molecule has 9 heteroatoms. The third kappa shape index (κ3) is 4.30. The number of ether oxygens (including phenoxy) is 1. The monoisotopic (exact) mass is 479 g/mol. The van der Waals surface area contributed by atoms with Crippen LogP contribution in [0, 0.1) is 12.3 Å². The molecule has 6 nitrogen and oxygen atoms in total. The van der Waals surface area contributed by atoms with Crippen molar-refractivity contribution in [3.63, 3.8) is 0 Å². The highest BCUT2D eigenvalue weighted by Crippen LogP contribution is 2.40. The van der Waals surface area contributed by atoms with Gasteiger partial charge in [0.25, 0.3) is 0 Å². The third-order valence-electron chi connectivity index (χ3n) is 3.73. The van der Waals surface area contributed by atoms with Gasteiger partial charge in [0, 0.05) is 14.9 Å². The standard InChI is InChI=1S/C19H12BrCl2N3O3/c1-2-7-25-15-5-3-11(20)8-13(15)18(19(25)27)24-23-17(26)10-28-16-6-4-12(21)9-14(16)22/h1,3-6,8-9,27H,7,10H2. The summed E-state index contributed by atoms with van der Waals surface area (Å²) in [5, 5.41) is 19.3. The molecule has 1 heterocycles. The number of carbonyl (C=O) groups excluding carboxylic acids is 1. The lowest BCUT2D eigenvalue weighted by atomic mass is 10.2. The summed E-state index contributed by atoms with van der Waals surface area (Å²) in [6, 6.07) is 9.98. The van der Waals surface area contributed by atoms with Crippen LogP contribution in [-0.4, -0.2) is 22.2 Å². The Morgan fingerprint density at radius 3 is 2.79 bits per heavy atom. The zero-order valence-electron chi connectivity index (χ0n) is 14.2. The molecule has 0 saturated heterocycles. The van der Waals surface area contributed by atoms with E-state index in [9.17, 15) is 9.90 Å².